The number of carbonyl (C=O) groups is 1. The van der Waals surface area contributed by atoms with Crippen LogP contribution in [0, 0.1) is 5.92 Å². The highest BCUT2D eigenvalue weighted by atomic mass is 127. The predicted octanol–water partition coefficient (Wildman–Crippen LogP) is 3.35. The van der Waals surface area contributed by atoms with Crippen molar-refractivity contribution in [2.24, 2.45) is 10.9 Å². The number of hydrogen-bond donors (Lipinski definition) is 2. The molecule has 2 N–H and O–H groups in total. The Morgan fingerprint density at radius 2 is 1.90 bits per heavy atom. The van der Waals surface area contributed by atoms with Gasteiger partial charge in [0.1, 0.15) is 0 Å². The van der Waals surface area contributed by atoms with Crippen molar-refractivity contribution in [3.8, 4) is 0 Å². The Morgan fingerprint density at radius 3 is 2.62 bits per heavy atom. The highest BCUT2D eigenvalue weighted by Crippen LogP contribution is 2.20. The van der Waals surface area contributed by atoms with E-state index in [1.807, 2.05) is 25.2 Å². The molecule has 2 aromatic rings. The number of carbonyl (C=O) groups excluding carboxylic acids is 1. The molecule has 1 fully saturated rings. The summed E-state index contributed by atoms with van der Waals surface area (Å²) in [6, 6.07) is 18.5. The zero-order chi connectivity index (χ0) is 19.8. The summed E-state index contributed by atoms with van der Waals surface area (Å²) in [5.41, 5.74) is 3.26. The monoisotopic (exact) mass is 506 g/mol. The van der Waals surface area contributed by atoms with Crippen molar-refractivity contribution in [1.29, 1.82) is 0 Å². The smallest absolute Gasteiger partial charge is 0.251 e. The predicted molar refractivity (Wildman–Crippen MR) is 130 cm³/mol. The maximum atomic E-state index is 11.8. The molecule has 1 unspecified atom stereocenters. The molecular formula is C23H31IN4O. The zero-order valence-corrected chi connectivity index (χ0v) is 19.6. The number of amides is 1. The number of benzene rings is 2. The molecule has 29 heavy (non-hydrogen) atoms. The van der Waals surface area contributed by atoms with Gasteiger partial charge in [-0.1, -0.05) is 42.5 Å². The first kappa shape index (κ1) is 23.2. The fraction of sp³-hybridized carbons (Fsp3) is 0.391. The third kappa shape index (κ3) is 6.73. The van der Waals surface area contributed by atoms with Gasteiger partial charge in [0.05, 0.1) is 0 Å². The van der Waals surface area contributed by atoms with Crippen LogP contribution in [-0.4, -0.2) is 50.5 Å². The molecule has 0 aromatic heterocycles. The standard InChI is InChI=1S/C23H30N4O.HI/c1-24-22(28)21-10-6-9-19(16-21)11-13-26-23(25-2)27-14-12-20(17-27)15-18-7-4-3-5-8-18;/h3-10,16,20H,11-15,17H2,1-2H3,(H,24,28)(H,25,26);1H. The minimum Gasteiger partial charge on any atom is -0.356 e. The van der Waals surface area contributed by atoms with E-state index in [1.54, 1.807) is 7.05 Å². The van der Waals surface area contributed by atoms with Crippen molar-refractivity contribution < 1.29 is 4.79 Å². The molecule has 1 saturated heterocycles. The van der Waals surface area contributed by atoms with Crippen LogP contribution in [0.15, 0.2) is 59.6 Å². The molecule has 0 aliphatic carbocycles. The summed E-state index contributed by atoms with van der Waals surface area (Å²) < 4.78 is 0. The summed E-state index contributed by atoms with van der Waals surface area (Å²) in [7, 11) is 3.50. The van der Waals surface area contributed by atoms with Crippen LogP contribution in [-0.2, 0) is 12.8 Å². The number of nitrogens with zero attached hydrogens (tertiary/aromatic N) is 2. The number of rotatable bonds is 6. The Balaban J connectivity index is 0.00000300. The number of nitrogens with one attached hydrogen (secondary N) is 2. The first-order valence-corrected chi connectivity index (χ1v) is 10.00. The summed E-state index contributed by atoms with van der Waals surface area (Å²) in [6.45, 7) is 2.88. The summed E-state index contributed by atoms with van der Waals surface area (Å²) in [4.78, 5) is 18.6. The molecule has 0 radical (unpaired) electrons. The first-order valence-electron chi connectivity index (χ1n) is 10.00. The number of hydrogen-bond acceptors (Lipinski definition) is 2. The van der Waals surface area contributed by atoms with Crippen molar-refractivity contribution in [3.05, 3.63) is 71.3 Å². The van der Waals surface area contributed by atoms with Gasteiger partial charge in [0.2, 0.25) is 0 Å². The van der Waals surface area contributed by atoms with E-state index in [4.69, 9.17) is 0 Å². The van der Waals surface area contributed by atoms with Crippen LogP contribution in [0.3, 0.4) is 0 Å². The Bertz CT molecular complexity index is 810. The van der Waals surface area contributed by atoms with E-state index in [-0.39, 0.29) is 29.9 Å². The van der Waals surface area contributed by atoms with E-state index in [1.165, 1.54) is 12.0 Å². The number of guanidine groups is 1. The number of likely N-dealkylation sites (tertiary alicyclic amines) is 1. The summed E-state index contributed by atoms with van der Waals surface area (Å²) in [5, 5.41) is 6.15. The molecule has 5 nitrogen and oxygen atoms in total. The second kappa shape index (κ2) is 11.8. The minimum atomic E-state index is -0.0489. The van der Waals surface area contributed by atoms with Crippen LogP contribution >= 0.6 is 24.0 Å². The van der Waals surface area contributed by atoms with E-state index in [2.05, 4.69) is 56.9 Å². The van der Waals surface area contributed by atoms with Gasteiger partial charge in [0.25, 0.3) is 5.91 Å². The third-order valence-corrected chi connectivity index (χ3v) is 5.28. The average Bonchev–Trinajstić information content (AvgIpc) is 3.19. The van der Waals surface area contributed by atoms with Gasteiger partial charge in [0, 0.05) is 39.3 Å². The third-order valence-electron chi connectivity index (χ3n) is 5.28. The Hall–Kier alpha value is -2.09. The molecule has 1 heterocycles. The lowest BCUT2D eigenvalue weighted by Crippen LogP contribution is -2.41. The van der Waals surface area contributed by atoms with E-state index in [0.717, 1.165) is 44.0 Å². The summed E-state index contributed by atoms with van der Waals surface area (Å²) in [6.07, 6.45) is 3.18. The second-order valence-corrected chi connectivity index (χ2v) is 7.29. The molecule has 0 saturated carbocycles. The second-order valence-electron chi connectivity index (χ2n) is 7.29. The van der Waals surface area contributed by atoms with Crippen LogP contribution in [0.4, 0.5) is 0 Å². The van der Waals surface area contributed by atoms with Crippen LogP contribution in [0.25, 0.3) is 0 Å². The largest absolute Gasteiger partial charge is 0.356 e. The van der Waals surface area contributed by atoms with E-state index in [9.17, 15) is 4.79 Å². The van der Waals surface area contributed by atoms with Gasteiger partial charge in [-0.25, -0.2) is 0 Å². The first-order chi connectivity index (χ1) is 13.7. The van der Waals surface area contributed by atoms with Gasteiger partial charge in [-0.3, -0.25) is 9.79 Å². The SMILES string of the molecule is CN=C(NCCc1cccc(C(=O)NC)c1)N1CCC(Cc2ccccc2)C1.I. The normalized spacial score (nSPS) is 16.3. The average molecular weight is 506 g/mol. The highest BCUT2D eigenvalue weighted by molar-refractivity contribution is 14.0. The fourth-order valence-corrected chi connectivity index (χ4v) is 3.80. The highest BCUT2D eigenvalue weighted by Gasteiger charge is 2.24. The molecule has 1 aliphatic heterocycles. The van der Waals surface area contributed by atoms with Crippen LogP contribution in [0.2, 0.25) is 0 Å². The topological polar surface area (TPSA) is 56.7 Å². The number of aliphatic imine (C=N–C) groups is 1. The van der Waals surface area contributed by atoms with E-state index >= 15 is 0 Å². The van der Waals surface area contributed by atoms with Gasteiger partial charge in [-0.2, -0.15) is 0 Å². The van der Waals surface area contributed by atoms with Gasteiger partial charge in [0.15, 0.2) is 5.96 Å². The van der Waals surface area contributed by atoms with Crippen molar-refractivity contribution in [2.45, 2.75) is 19.3 Å². The van der Waals surface area contributed by atoms with Crippen LogP contribution in [0.5, 0.6) is 0 Å². The molecule has 2 aromatic carbocycles. The zero-order valence-electron chi connectivity index (χ0n) is 17.2. The van der Waals surface area contributed by atoms with Crippen LogP contribution in [0.1, 0.15) is 27.9 Å². The quantitative estimate of drug-likeness (QED) is 0.359. The lowest BCUT2D eigenvalue weighted by Gasteiger charge is -2.22. The molecular weight excluding hydrogens is 475 g/mol. The molecule has 1 aliphatic rings. The molecule has 1 atom stereocenters. The Kier molecular flexibility index (Phi) is 9.44. The maximum absolute atomic E-state index is 11.8. The van der Waals surface area contributed by atoms with E-state index in [0.29, 0.717) is 11.5 Å². The van der Waals surface area contributed by atoms with Crippen LogP contribution < -0.4 is 10.6 Å². The minimum absolute atomic E-state index is 0. The van der Waals surface area contributed by atoms with Gasteiger partial charge in [-0.15, -0.1) is 24.0 Å². The van der Waals surface area contributed by atoms with Gasteiger partial charge < -0.3 is 15.5 Å². The van der Waals surface area contributed by atoms with Crippen molar-refractivity contribution >= 4 is 35.8 Å². The Morgan fingerprint density at radius 1 is 1.14 bits per heavy atom. The molecule has 3 rings (SSSR count). The molecule has 6 heteroatoms. The number of halogens is 1. The lowest BCUT2D eigenvalue weighted by atomic mass is 9.99. The molecule has 0 spiro atoms. The van der Waals surface area contributed by atoms with Gasteiger partial charge in [-0.05, 0) is 48.4 Å². The van der Waals surface area contributed by atoms with Crippen molar-refractivity contribution in [3.63, 3.8) is 0 Å². The summed E-state index contributed by atoms with van der Waals surface area (Å²) >= 11 is 0. The fourth-order valence-electron chi connectivity index (χ4n) is 3.80. The van der Waals surface area contributed by atoms with Crippen molar-refractivity contribution in [2.75, 3.05) is 33.7 Å². The maximum Gasteiger partial charge on any atom is 0.251 e. The van der Waals surface area contributed by atoms with E-state index < -0.39 is 0 Å². The van der Waals surface area contributed by atoms with Crippen molar-refractivity contribution in [1.82, 2.24) is 15.5 Å². The Labute approximate surface area is 191 Å². The summed E-state index contributed by atoms with van der Waals surface area (Å²) in [5.74, 6) is 1.59. The molecule has 1 amide bonds. The lowest BCUT2D eigenvalue weighted by molar-refractivity contribution is 0.0963. The molecule has 156 valence electrons. The molecule has 0 bridgehead atoms. The van der Waals surface area contributed by atoms with Gasteiger partial charge >= 0.3 is 0 Å².